The number of nitrogens with zero attached hydrogens (tertiary/aromatic N) is 2. The third-order valence-corrected chi connectivity index (χ3v) is 3.81. The van der Waals surface area contributed by atoms with E-state index >= 15 is 0 Å². The third-order valence-electron chi connectivity index (χ3n) is 2.92. The summed E-state index contributed by atoms with van der Waals surface area (Å²) in [5.74, 6) is -0.322. The number of hydrogen-bond acceptors (Lipinski definition) is 4. The summed E-state index contributed by atoms with van der Waals surface area (Å²) in [7, 11) is 0. The van der Waals surface area contributed by atoms with Crippen LogP contribution in [0.25, 0.3) is 11.3 Å². The molecule has 0 amide bonds. The van der Waals surface area contributed by atoms with Crippen molar-refractivity contribution in [3.63, 3.8) is 0 Å². The molecule has 0 fully saturated rings. The number of aromatic nitrogens is 2. The quantitative estimate of drug-likeness (QED) is 0.802. The van der Waals surface area contributed by atoms with Crippen LogP contribution in [0.2, 0.25) is 0 Å². The van der Waals surface area contributed by atoms with E-state index in [1.54, 1.807) is 24.5 Å². The summed E-state index contributed by atoms with van der Waals surface area (Å²) in [6, 6.07) is 9.51. The summed E-state index contributed by atoms with van der Waals surface area (Å²) in [5.41, 5.74) is 2.38. The molecule has 3 nitrogen and oxygen atoms in total. The molecular weight excluding hydrogens is 275 g/mol. The molecule has 2 heterocycles. The van der Waals surface area contributed by atoms with Crippen molar-refractivity contribution in [3.8, 4) is 11.3 Å². The van der Waals surface area contributed by atoms with E-state index in [9.17, 15) is 9.50 Å². The number of pyridine rings is 1. The second-order valence-electron chi connectivity index (χ2n) is 4.26. The van der Waals surface area contributed by atoms with E-state index in [1.807, 2.05) is 17.5 Å². The Bertz CT molecular complexity index is 697. The van der Waals surface area contributed by atoms with Crippen LogP contribution < -0.4 is 0 Å². The van der Waals surface area contributed by atoms with Crippen molar-refractivity contribution in [2.24, 2.45) is 0 Å². The van der Waals surface area contributed by atoms with Crippen LogP contribution in [0.5, 0.6) is 0 Å². The van der Waals surface area contributed by atoms with Gasteiger partial charge in [-0.3, -0.25) is 4.98 Å². The maximum absolute atomic E-state index is 12.9. The number of rotatable bonds is 3. The maximum atomic E-state index is 12.9. The van der Waals surface area contributed by atoms with Gasteiger partial charge in [-0.1, -0.05) is 12.1 Å². The first-order valence-electron chi connectivity index (χ1n) is 6.03. The summed E-state index contributed by atoms with van der Waals surface area (Å²) in [4.78, 5) is 8.39. The third kappa shape index (κ3) is 2.59. The second kappa shape index (κ2) is 5.48. The normalized spacial score (nSPS) is 12.3. The zero-order valence-corrected chi connectivity index (χ0v) is 11.2. The minimum atomic E-state index is -0.837. The van der Waals surface area contributed by atoms with Crippen molar-refractivity contribution < 1.29 is 9.50 Å². The van der Waals surface area contributed by atoms with Gasteiger partial charge in [0.25, 0.3) is 0 Å². The lowest BCUT2D eigenvalue weighted by Crippen LogP contribution is -1.99. The topological polar surface area (TPSA) is 46.0 Å². The zero-order chi connectivity index (χ0) is 13.9. The lowest BCUT2D eigenvalue weighted by Gasteiger charge is -2.07. The van der Waals surface area contributed by atoms with Crippen LogP contribution in [-0.4, -0.2) is 15.1 Å². The van der Waals surface area contributed by atoms with E-state index in [4.69, 9.17) is 0 Å². The van der Waals surface area contributed by atoms with Crippen LogP contribution in [0.3, 0.4) is 0 Å². The fourth-order valence-corrected chi connectivity index (χ4v) is 2.69. The Labute approximate surface area is 119 Å². The Balaban J connectivity index is 1.88. The molecule has 0 saturated heterocycles. The molecule has 1 atom stereocenters. The molecule has 0 saturated carbocycles. The number of thiazole rings is 1. The van der Waals surface area contributed by atoms with Crippen LogP contribution in [0, 0.1) is 5.82 Å². The van der Waals surface area contributed by atoms with Gasteiger partial charge in [-0.2, -0.15) is 0 Å². The zero-order valence-electron chi connectivity index (χ0n) is 10.4. The fourth-order valence-electron chi connectivity index (χ4n) is 1.86. The highest BCUT2D eigenvalue weighted by molar-refractivity contribution is 7.10. The Morgan fingerprint density at radius 1 is 1.05 bits per heavy atom. The average Bonchev–Trinajstić information content (AvgIpc) is 2.98. The molecule has 1 aromatic carbocycles. The number of aliphatic hydroxyl groups excluding tert-OH is 1. The van der Waals surface area contributed by atoms with Crippen LogP contribution in [0.15, 0.2) is 54.2 Å². The van der Waals surface area contributed by atoms with Gasteiger partial charge in [-0.25, -0.2) is 9.37 Å². The molecule has 0 aliphatic carbocycles. The van der Waals surface area contributed by atoms with Crippen LogP contribution in [0.1, 0.15) is 16.7 Å². The van der Waals surface area contributed by atoms with Crippen molar-refractivity contribution >= 4 is 11.3 Å². The molecule has 3 aromatic rings. The molecule has 20 heavy (non-hydrogen) atoms. The van der Waals surface area contributed by atoms with Gasteiger partial charge in [0, 0.05) is 23.3 Å². The summed E-state index contributed by atoms with van der Waals surface area (Å²) in [5, 5.41) is 12.7. The fraction of sp³-hybridized carbons (Fsp3) is 0.0667. The molecule has 0 aliphatic heterocycles. The predicted molar refractivity (Wildman–Crippen MR) is 75.8 cm³/mol. The van der Waals surface area contributed by atoms with Crippen LogP contribution in [-0.2, 0) is 0 Å². The molecule has 5 heteroatoms. The summed E-state index contributed by atoms with van der Waals surface area (Å²) < 4.78 is 12.9. The van der Waals surface area contributed by atoms with Gasteiger partial charge in [0.1, 0.15) is 16.9 Å². The van der Waals surface area contributed by atoms with E-state index in [-0.39, 0.29) is 5.82 Å². The monoisotopic (exact) mass is 286 g/mol. The standard InChI is InChI=1S/C15H11FN2OS/c16-12-3-1-11(2-4-12)14(19)15-18-13(9-20-15)10-5-7-17-8-6-10/h1-9,14,19H. The summed E-state index contributed by atoms with van der Waals surface area (Å²) >= 11 is 1.38. The van der Waals surface area contributed by atoms with Gasteiger partial charge < -0.3 is 5.11 Å². The van der Waals surface area contributed by atoms with Gasteiger partial charge in [0.15, 0.2) is 0 Å². The molecular formula is C15H11FN2OS. The van der Waals surface area contributed by atoms with Crippen LogP contribution in [0.4, 0.5) is 4.39 Å². The first-order chi connectivity index (χ1) is 9.74. The highest BCUT2D eigenvalue weighted by Gasteiger charge is 2.15. The number of hydrogen-bond donors (Lipinski definition) is 1. The number of halogens is 1. The maximum Gasteiger partial charge on any atom is 0.131 e. The van der Waals surface area contributed by atoms with Crippen molar-refractivity contribution in [2.45, 2.75) is 6.10 Å². The Hall–Kier alpha value is -2.11. The SMILES string of the molecule is OC(c1ccc(F)cc1)c1nc(-c2ccncc2)cs1. The predicted octanol–water partition coefficient (Wildman–Crippen LogP) is 3.43. The van der Waals surface area contributed by atoms with Gasteiger partial charge >= 0.3 is 0 Å². The Kier molecular flexibility index (Phi) is 3.54. The molecule has 2 aromatic heterocycles. The van der Waals surface area contributed by atoms with E-state index in [1.165, 1.54) is 23.5 Å². The van der Waals surface area contributed by atoms with Crippen molar-refractivity contribution in [2.75, 3.05) is 0 Å². The smallest absolute Gasteiger partial charge is 0.131 e. The summed E-state index contributed by atoms with van der Waals surface area (Å²) in [6.07, 6.45) is 2.56. The molecule has 3 rings (SSSR count). The molecule has 1 unspecified atom stereocenters. The molecule has 0 bridgehead atoms. The minimum absolute atomic E-state index is 0.322. The number of benzene rings is 1. The van der Waals surface area contributed by atoms with E-state index in [2.05, 4.69) is 9.97 Å². The molecule has 100 valence electrons. The van der Waals surface area contributed by atoms with Gasteiger partial charge in [-0.15, -0.1) is 11.3 Å². The molecule has 1 N–H and O–H groups in total. The average molecular weight is 286 g/mol. The lowest BCUT2D eigenvalue weighted by molar-refractivity contribution is 0.220. The number of aliphatic hydroxyl groups is 1. The second-order valence-corrected chi connectivity index (χ2v) is 5.15. The van der Waals surface area contributed by atoms with E-state index < -0.39 is 6.10 Å². The van der Waals surface area contributed by atoms with Gasteiger partial charge in [0.05, 0.1) is 5.69 Å². The first-order valence-corrected chi connectivity index (χ1v) is 6.91. The van der Waals surface area contributed by atoms with Crippen LogP contribution >= 0.6 is 11.3 Å². The molecule has 0 aliphatic rings. The molecule has 0 spiro atoms. The van der Waals surface area contributed by atoms with E-state index in [0.29, 0.717) is 10.6 Å². The van der Waals surface area contributed by atoms with Gasteiger partial charge in [-0.05, 0) is 29.8 Å². The Morgan fingerprint density at radius 3 is 2.45 bits per heavy atom. The lowest BCUT2D eigenvalue weighted by atomic mass is 10.1. The van der Waals surface area contributed by atoms with E-state index in [0.717, 1.165) is 11.3 Å². The summed E-state index contributed by atoms with van der Waals surface area (Å²) in [6.45, 7) is 0. The highest BCUT2D eigenvalue weighted by atomic mass is 32.1. The van der Waals surface area contributed by atoms with Crippen molar-refractivity contribution in [3.05, 3.63) is 70.6 Å². The molecule has 0 radical (unpaired) electrons. The highest BCUT2D eigenvalue weighted by Crippen LogP contribution is 2.28. The minimum Gasteiger partial charge on any atom is -0.381 e. The Morgan fingerprint density at radius 2 is 1.75 bits per heavy atom. The largest absolute Gasteiger partial charge is 0.381 e. The van der Waals surface area contributed by atoms with Crippen molar-refractivity contribution in [1.29, 1.82) is 0 Å². The van der Waals surface area contributed by atoms with Gasteiger partial charge in [0.2, 0.25) is 0 Å². The van der Waals surface area contributed by atoms with Crippen molar-refractivity contribution in [1.82, 2.24) is 9.97 Å². The first kappa shape index (κ1) is 12.9.